The molecule has 0 radical (unpaired) electrons. The van der Waals surface area contributed by atoms with E-state index in [1.807, 2.05) is 38.1 Å². The Balaban J connectivity index is 2.16. The summed E-state index contributed by atoms with van der Waals surface area (Å²) < 4.78 is 0. The second kappa shape index (κ2) is 4.95. The van der Waals surface area contributed by atoms with Gasteiger partial charge in [0.25, 0.3) is 0 Å². The van der Waals surface area contributed by atoms with Gasteiger partial charge in [0.15, 0.2) is 0 Å². The van der Waals surface area contributed by atoms with E-state index in [0.29, 0.717) is 5.95 Å². The molecule has 2 rings (SSSR count). The summed E-state index contributed by atoms with van der Waals surface area (Å²) in [7, 11) is 0. The molecule has 0 saturated heterocycles. The van der Waals surface area contributed by atoms with Crippen molar-refractivity contribution >= 4 is 5.95 Å². The molecule has 3 nitrogen and oxygen atoms in total. The van der Waals surface area contributed by atoms with Gasteiger partial charge in [0.05, 0.1) is 6.04 Å². The second-order valence-corrected chi connectivity index (χ2v) is 4.25. The fourth-order valence-corrected chi connectivity index (χ4v) is 1.81. The fraction of sp³-hybridized carbons (Fsp3) is 0.286. The average Bonchev–Trinajstić information content (AvgIpc) is 2.28. The van der Waals surface area contributed by atoms with Crippen LogP contribution >= 0.6 is 0 Å². The van der Waals surface area contributed by atoms with Crippen LogP contribution in [0.4, 0.5) is 5.95 Å². The summed E-state index contributed by atoms with van der Waals surface area (Å²) in [5.74, 6) is 0.693. The molecule has 1 aromatic carbocycles. The molecule has 0 spiro atoms. The van der Waals surface area contributed by atoms with E-state index in [4.69, 9.17) is 0 Å². The third-order valence-corrected chi connectivity index (χ3v) is 2.63. The number of aryl methyl sites for hydroxylation is 2. The van der Waals surface area contributed by atoms with Crippen molar-refractivity contribution in [3.63, 3.8) is 0 Å². The minimum Gasteiger partial charge on any atom is -0.348 e. The predicted octanol–water partition coefficient (Wildman–Crippen LogP) is 3.27. The van der Waals surface area contributed by atoms with Crippen molar-refractivity contribution < 1.29 is 0 Å². The van der Waals surface area contributed by atoms with Gasteiger partial charge in [0.1, 0.15) is 0 Å². The molecule has 17 heavy (non-hydrogen) atoms. The summed E-state index contributed by atoms with van der Waals surface area (Å²) in [5.41, 5.74) is 3.20. The molecule has 1 atom stereocenters. The molecule has 1 aromatic heterocycles. The van der Waals surface area contributed by atoms with Crippen LogP contribution in [0.1, 0.15) is 29.9 Å². The van der Waals surface area contributed by atoms with E-state index < -0.39 is 0 Å². The zero-order chi connectivity index (χ0) is 12.3. The second-order valence-electron chi connectivity index (χ2n) is 4.25. The van der Waals surface area contributed by atoms with E-state index in [1.54, 1.807) is 0 Å². The van der Waals surface area contributed by atoms with Gasteiger partial charge in [0, 0.05) is 11.4 Å². The normalized spacial score (nSPS) is 12.2. The van der Waals surface area contributed by atoms with Crippen molar-refractivity contribution in [2.75, 3.05) is 5.32 Å². The van der Waals surface area contributed by atoms with Gasteiger partial charge in [-0.2, -0.15) is 0 Å². The number of aromatic nitrogens is 2. The highest BCUT2D eigenvalue weighted by molar-refractivity contribution is 5.33. The molecule has 0 aliphatic heterocycles. The molecular formula is C14H17N3. The molecule has 0 saturated carbocycles. The lowest BCUT2D eigenvalue weighted by atomic mass is 10.1. The molecule has 0 amide bonds. The lowest BCUT2D eigenvalue weighted by Gasteiger charge is -2.14. The first-order chi connectivity index (χ1) is 8.15. The number of nitrogens with one attached hydrogen (secondary N) is 1. The largest absolute Gasteiger partial charge is 0.348 e. The topological polar surface area (TPSA) is 37.8 Å². The third kappa shape index (κ3) is 3.03. The molecule has 0 unspecified atom stereocenters. The number of benzene rings is 1. The molecule has 1 N–H and O–H groups in total. The highest BCUT2D eigenvalue weighted by Gasteiger charge is 2.06. The summed E-state index contributed by atoms with van der Waals surface area (Å²) in [4.78, 5) is 8.75. The summed E-state index contributed by atoms with van der Waals surface area (Å²) in [6.07, 6.45) is 0. The van der Waals surface area contributed by atoms with Crippen molar-refractivity contribution in [3.05, 3.63) is 53.3 Å². The maximum absolute atomic E-state index is 4.38. The molecular weight excluding hydrogens is 210 g/mol. The van der Waals surface area contributed by atoms with Crippen molar-refractivity contribution in [1.29, 1.82) is 0 Å². The highest BCUT2D eigenvalue weighted by Crippen LogP contribution is 2.16. The Morgan fingerprint density at radius 1 is 1.00 bits per heavy atom. The van der Waals surface area contributed by atoms with Crippen LogP contribution in [0.5, 0.6) is 0 Å². The number of rotatable bonds is 3. The number of nitrogens with zero attached hydrogens (tertiary/aromatic N) is 2. The van der Waals surface area contributed by atoms with Crippen molar-refractivity contribution in [2.45, 2.75) is 26.8 Å². The summed E-state index contributed by atoms with van der Waals surface area (Å²) in [6, 6.07) is 12.5. The van der Waals surface area contributed by atoms with Crippen molar-refractivity contribution in [1.82, 2.24) is 9.97 Å². The Kier molecular flexibility index (Phi) is 3.38. The quantitative estimate of drug-likeness (QED) is 0.874. The molecule has 3 heteroatoms. The number of hydrogen-bond acceptors (Lipinski definition) is 3. The SMILES string of the molecule is Cc1cc(C)nc(N[C@H](C)c2ccccc2)n1. The van der Waals surface area contributed by atoms with E-state index in [1.165, 1.54) is 5.56 Å². The summed E-state index contributed by atoms with van der Waals surface area (Å²) in [5, 5.41) is 3.32. The smallest absolute Gasteiger partial charge is 0.223 e. The van der Waals surface area contributed by atoms with E-state index in [2.05, 4.69) is 34.3 Å². The first-order valence-electron chi connectivity index (χ1n) is 5.79. The lowest BCUT2D eigenvalue weighted by molar-refractivity contribution is 0.853. The fourth-order valence-electron chi connectivity index (χ4n) is 1.81. The monoisotopic (exact) mass is 227 g/mol. The number of hydrogen-bond donors (Lipinski definition) is 1. The van der Waals surface area contributed by atoms with E-state index >= 15 is 0 Å². The molecule has 2 aromatic rings. The van der Waals surface area contributed by atoms with Gasteiger partial charge in [-0.3, -0.25) is 0 Å². The van der Waals surface area contributed by atoms with Crippen molar-refractivity contribution in [2.24, 2.45) is 0 Å². The van der Waals surface area contributed by atoms with E-state index in [0.717, 1.165) is 11.4 Å². The maximum atomic E-state index is 4.38. The van der Waals surface area contributed by atoms with Gasteiger partial charge in [-0.25, -0.2) is 9.97 Å². The number of anilines is 1. The van der Waals surface area contributed by atoms with Gasteiger partial charge in [-0.15, -0.1) is 0 Å². The molecule has 0 aliphatic rings. The predicted molar refractivity (Wildman–Crippen MR) is 70.0 cm³/mol. The zero-order valence-corrected chi connectivity index (χ0v) is 10.4. The Bertz CT molecular complexity index is 474. The van der Waals surface area contributed by atoms with Crippen LogP contribution in [0.15, 0.2) is 36.4 Å². The standard InChI is InChI=1S/C14H17N3/c1-10-9-11(2)16-14(15-10)17-12(3)13-7-5-4-6-8-13/h4-9,12H,1-3H3,(H,15,16,17)/t12-/m1/s1. The van der Waals surface area contributed by atoms with Gasteiger partial charge in [0.2, 0.25) is 5.95 Å². The van der Waals surface area contributed by atoms with Crippen LogP contribution in [0, 0.1) is 13.8 Å². The van der Waals surface area contributed by atoms with Gasteiger partial charge in [-0.05, 0) is 32.4 Å². The van der Waals surface area contributed by atoms with E-state index in [-0.39, 0.29) is 6.04 Å². The zero-order valence-electron chi connectivity index (χ0n) is 10.4. The van der Waals surface area contributed by atoms with Crippen LogP contribution in [0.2, 0.25) is 0 Å². The third-order valence-electron chi connectivity index (χ3n) is 2.63. The van der Waals surface area contributed by atoms with Gasteiger partial charge >= 0.3 is 0 Å². The minimum atomic E-state index is 0.206. The summed E-state index contributed by atoms with van der Waals surface area (Å²) >= 11 is 0. The first-order valence-corrected chi connectivity index (χ1v) is 5.79. The Labute approximate surface area is 102 Å². The summed E-state index contributed by atoms with van der Waals surface area (Å²) in [6.45, 7) is 6.07. The van der Waals surface area contributed by atoms with E-state index in [9.17, 15) is 0 Å². The highest BCUT2D eigenvalue weighted by atomic mass is 15.1. The van der Waals surface area contributed by atoms with Crippen molar-refractivity contribution in [3.8, 4) is 0 Å². The Morgan fingerprint density at radius 3 is 2.18 bits per heavy atom. The molecule has 0 bridgehead atoms. The van der Waals surface area contributed by atoms with Gasteiger partial charge in [-0.1, -0.05) is 30.3 Å². The van der Waals surface area contributed by atoms with Crippen LogP contribution < -0.4 is 5.32 Å². The Hall–Kier alpha value is -1.90. The maximum Gasteiger partial charge on any atom is 0.223 e. The van der Waals surface area contributed by atoms with Crippen LogP contribution in [-0.2, 0) is 0 Å². The lowest BCUT2D eigenvalue weighted by Crippen LogP contribution is -2.10. The Morgan fingerprint density at radius 2 is 1.59 bits per heavy atom. The molecule has 88 valence electrons. The average molecular weight is 227 g/mol. The van der Waals surface area contributed by atoms with Crippen LogP contribution in [-0.4, -0.2) is 9.97 Å². The minimum absolute atomic E-state index is 0.206. The molecule has 0 fully saturated rings. The van der Waals surface area contributed by atoms with Crippen LogP contribution in [0.3, 0.4) is 0 Å². The first kappa shape index (κ1) is 11.6. The van der Waals surface area contributed by atoms with Gasteiger partial charge < -0.3 is 5.32 Å². The molecule has 1 heterocycles. The van der Waals surface area contributed by atoms with Crippen LogP contribution in [0.25, 0.3) is 0 Å². The molecule has 0 aliphatic carbocycles.